The topological polar surface area (TPSA) is 46.6 Å². The van der Waals surface area contributed by atoms with Gasteiger partial charge in [0.05, 0.1) is 13.7 Å². The molecule has 148 valence electrons. The van der Waals surface area contributed by atoms with E-state index >= 15 is 0 Å². The van der Waals surface area contributed by atoms with Gasteiger partial charge >= 0.3 is 0 Å². The third-order valence-corrected chi connectivity index (χ3v) is 5.02. The molecule has 0 atom stereocenters. The summed E-state index contributed by atoms with van der Waals surface area (Å²) in [5.41, 5.74) is 3.60. The molecule has 2 amide bonds. The Labute approximate surface area is 175 Å². The van der Waals surface area contributed by atoms with E-state index in [1.165, 1.54) is 4.90 Å². The smallest absolute Gasteiger partial charge is 0.261 e. The van der Waals surface area contributed by atoms with Crippen molar-refractivity contribution in [1.82, 2.24) is 4.90 Å². The molecule has 1 aliphatic rings. The lowest BCUT2D eigenvalue weighted by molar-refractivity contribution is -0.123. The van der Waals surface area contributed by atoms with Crippen LogP contribution in [0.2, 0.25) is 0 Å². The summed E-state index contributed by atoms with van der Waals surface area (Å²) in [6, 6.07) is 24.5. The van der Waals surface area contributed by atoms with Crippen LogP contribution in [0, 0.1) is 0 Å². The third kappa shape index (κ3) is 3.94. The molecule has 3 aromatic carbocycles. The number of hydrogen-bond donors (Lipinski definition) is 0. The summed E-state index contributed by atoms with van der Waals surface area (Å²) in [6.07, 6.45) is 5.56. The molecule has 0 unspecified atom stereocenters. The van der Waals surface area contributed by atoms with Crippen molar-refractivity contribution in [1.29, 1.82) is 0 Å². The van der Waals surface area contributed by atoms with E-state index in [1.807, 2.05) is 84.9 Å². The largest absolute Gasteiger partial charge is 0.497 e. The average molecular weight is 395 g/mol. The molecule has 0 radical (unpaired) electrons. The number of fused-ring (bicyclic) bond motifs is 1. The predicted octanol–water partition coefficient (Wildman–Crippen LogP) is 4.97. The van der Waals surface area contributed by atoms with Gasteiger partial charge in [-0.2, -0.15) is 0 Å². The number of methoxy groups -OCH3 is 1. The predicted molar refractivity (Wildman–Crippen MR) is 118 cm³/mol. The van der Waals surface area contributed by atoms with E-state index in [0.29, 0.717) is 16.7 Å². The van der Waals surface area contributed by atoms with Crippen molar-refractivity contribution >= 4 is 23.5 Å². The summed E-state index contributed by atoms with van der Waals surface area (Å²) in [5.74, 6) is 0.148. The highest BCUT2D eigenvalue weighted by atomic mass is 16.5. The van der Waals surface area contributed by atoms with Crippen molar-refractivity contribution in [3.05, 3.63) is 113 Å². The van der Waals surface area contributed by atoms with Crippen molar-refractivity contribution in [3.8, 4) is 5.75 Å². The van der Waals surface area contributed by atoms with Crippen LogP contribution in [0.4, 0.5) is 0 Å². The number of allylic oxidation sites excluding steroid dienone is 2. The lowest BCUT2D eigenvalue weighted by atomic mass is 9.92. The van der Waals surface area contributed by atoms with Gasteiger partial charge in [0.25, 0.3) is 11.8 Å². The van der Waals surface area contributed by atoms with E-state index in [4.69, 9.17) is 4.74 Å². The monoisotopic (exact) mass is 395 g/mol. The van der Waals surface area contributed by atoms with Gasteiger partial charge in [-0.1, -0.05) is 72.8 Å². The van der Waals surface area contributed by atoms with Crippen LogP contribution in [0.15, 0.2) is 91.0 Å². The highest BCUT2D eigenvalue weighted by Gasteiger charge is 2.34. The normalized spacial score (nSPS) is 15.0. The number of ether oxygens (including phenoxy) is 1. The Hall–Kier alpha value is -3.92. The molecule has 0 N–H and O–H groups in total. The zero-order valence-corrected chi connectivity index (χ0v) is 16.6. The van der Waals surface area contributed by atoms with Crippen LogP contribution in [0.1, 0.15) is 27.0 Å². The fraction of sp³-hybridized carbons (Fsp3) is 0.0769. The zero-order valence-electron chi connectivity index (χ0n) is 16.6. The Bertz CT molecular complexity index is 1130. The van der Waals surface area contributed by atoms with Crippen molar-refractivity contribution in [2.24, 2.45) is 0 Å². The molecule has 30 heavy (non-hydrogen) atoms. The van der Waals surface area contributed by atoms with Crippen LogP contribution in [0.5, 0.6) is 5.75 Å². The van der Waals surface area contributed by atoms with E-state index in [9.17, 15) is 9.59 Å². The van der Waals surface area contributed by atoms with Gasteiger partial charge in [0, 0.05) is 11.1 Å². The van der Waals surface area contributed by atoms with Crippen LogP contribution in [0.25, 0.3) is 11.6 Å². The second kappa shape index (κ2) is 8.62. The van der Waals surface area contributed by atoms with E-state index in [2.05, 4.69) is 0 Å². The van der Waals surface area contributed by atoms with Crippen LogP contribution in [-0.2, 0) is 11.3 Å². The van der Waals surface area contributed by atoms with Gasteiger partial charge in [-0.3, -0.25) is 14.5 Å². The summed E-state index contributed by atoms with van der Waals surface area (Å²) < 4.78 is 5.18. The second-order valence-corrected chi connectivity index (χ2v) is 6.94. The molecular weight excluding hydrogens is 374 g/mol. The second-order valence-electron chi connectivity index (χ2n) is 6.94. The summed E-state index contributed by atoms with van der Waals surface area (Å²) in [7, 11) is 1.60. The summed E-state index contributed by atoms with van der Waals surface area (Å²) in [6.45, 7) is 0.204. The molecule has 0 aliphatic carbocycles. The number of nitrogens with zero attached hydrogens (tertiary/aromatic N) is 1. The molecule has 4 heteroatoms. The quantitative estimate of drug-likeness (QED) is 0.452. The number of benzene rings is 3. The Balaban J connectivity index is 1.68. The molecule has 0 fully saturated rings. The first-order valence-corrected chi connectivity index (χ1v) is 9.69. The fourth-order valence-electron chi connectivity index (χ4n) is 3.44. The van der Waals surface area contributed by atoms with Gasteiger partial charge in [-0.15, -0.1) is 0 Å². The molecule has 0 saturated carbocycles. The highest BCUT2D eigenvalue weighted by molar-refractivity contribution is 6.31. The van der Waals surface area contributed by atoms with Crippen molar-refractivity contribution in [2.75, 3.05) is 7.11 Å². The summed E-state index contributed by atoms with van der Waals surface area (Å²) in [4.78, 5) is 27.6. The summed E-state index contributed by atoms with van der Waals surface area (Å²) >= 11 is 0. The number of amides is 2. The van der Waals surface area contributed by atoms with Crippen molar-refractivity contribution in [3.63, 3.8) is 0 Å². The fourth-order valence-corrected chi connectivity index (χ4v) is 3.44. The maximum atomic E-state index is 13.2. The van der Waals surface area contributed by atoms with Crippen LogP contribution >= 0.6 is 0 Å². The van der Waals surface area contributed by atoms with Gasteiger partial charge in [-0.25, -0.2) is 0 Å². The van der Waals surface area contributed by atoms with E-state index in [1.54, 1.807) is 19.3 Å². The molecule has 0 aromatic heterocycles. The van der Waals surface area contributed by atoms with Crippen LogP contribution < -0.4 is 4.74 Å². The van der Waals surface area contributed by atoms with E-state index in [-0.39, 0.29) is 18.4 Å². The average Bonchev–Trinajstić information content (AvgIpc) is 2.80. The van der Waals surface area contributed by atoms with Gasteiger partial charge in [0.2, 0.25) is 0 Å². The van der Waals surface area contributed by atoms with E-state index in [0.717, 1.165) is 16.9 Å². The molecular formula is C26H21NO3. The molecule has 0 spiro atoms. The first kappa shape index (κ1) is 19.4. The Morgan fingerprint density at radius 1 is 0.800 bits per heavy atom. The van der Waals surface area contributed by atoms with Gasteiger partial charge in [0.1, 0.15) is 5.75 Å². The molecule has 1 heterocycles. The maximum absolute atomic E-state index is 13.2. The first-order chi connectivity index (χ1) is 14.7. The lowest BCUT2D eigenvalue weighted by Gasteiger charge is -2.28. The van der Waals surface area contributed by atoms with Gasteiger partial charge in [-0.05, 0) is 41.0 Å². The maximum Gasteiger partial charge on any atom is 0.261 e. The lowest BCUT2D eigenvalue weighted by Crippen LogP contribution is -2.41. The van der Waals surface area contributed by atoms with Gasteiger partial charge in [0.15, 0.2) is 0 Å². The minimum absolute atomic E-state index is 0.204. The molecule has 0 bridgehead atoms. The molecule has 0 saturated heterocycles. The Morgan fingerprint density at radius 2 is 1.47 bits per heavy atom. The first-order valence-electron chi connectivity index (χ1n) is 9.69. The highest BCUT2D eigenvalue weighted by Crippen LogP contribution is 2.30. The molecule has 4 nitrogen and oxygen atoms in total. The van der Waals surface area contributed by atoms with Crippen LogP contribution in [0.3, 0.4) is 0 Å². The number of rotatable bonds is 5. The van der Waals surface area contributed by atoms with Crippen molar-refractivity contribution in [2.45, 2.75) is 6.54 Å². The third-order valence-electron chi connectivity index (χ3n) is 5.02. The molecule has 3 aromatic rings. The SMILES string of the molecule is COc1ccc(CN2C(=O)C(=CC=Cc3ccccc3)c3ccccc3C2=O)cc1. The Morgan fingerprint density at radius 3 is 2.17 bits per heavy atom. The van der Waals surface area contributed by atoms with Gasteiger partial charge < -0.3 is 4.74 Å². The number of hydrogen-bond acceptors (Lipinski definition) is 3. The summed E-state index contributed by atoms with van der Waals surface area (Å²) in [5, 5.41) is 0. The van der Waals surface area contributed by atoms with Crippen LogP contribution in [-0.4, -0.2) is 23.8 Å². The number of carbonyl (C=O) groups is 2. The number of imide groups is 1. The number of carbonyl (C=O) groups excluding carboxylic acids is 2. The van der Waals surface area contributed by atoms with Crippen molar-refractivity contribution < 1.29 is 14.3 Å². The minimum atomic E-state index is -0.299. The molecule has 1 aliphatic heterocycles. The standard InChI is InChI=1S/C26H21NO3/c1-30-21-16-14-20(15-17-21)18-27-25(28)23-12-6-5-11-22(23)24(26(27)29)13-7-10-19-8-3-2-4-9-19/h2-17H,18H2,1H3. The van der Waals surface area contributed by atoms with E-state index < -0.39 is 0 Å². The minimum Gasteiger partial charge on any atom is -0.497 e. The Kier molecular flexibility index (Phi) is 5.57. The zero-order chi connectivity index (χ0) is 20.9. The molecule has 4 rings (SSSR count).